The molecule has 90 valence electrons. The van der Waals surface area contributed by atoms with Crippen molar-refractivity contribution in [1.82, 2.24) is 0 Å². The van der Waals surface area contributed by atoms with E-state index in [0.717, 1.165) is 0 Å². The van der Waals surface area contributed by atoms with E-state index in [1.54, 1.807) is 12.1 Å². The Labute approximate surface area is 98.4 Å². The summed E-state index contributed by atoms with van der Waals surface area (Å²) in [5.41, 5.74) is 0.521. The molecule has 1 aromatic carbocycles. The molecular formula is C12H13NO4. The van der Waals surface area contributed by atoms with Crippen LogP contribution in [0.3, 0.4) is 0 Å². The number of carbonyl (C=O) groups excluding carboxylic acids is 2. The second-order valence-corrected chi connectivity index (χ2v) is 3.64. The summed E-state index contributed by atoms with van der Waals surface area (Å²) in [6.45, 7) is 1.42. The number of aromatic carboxylic acids is 1. The minimum atomic E-state index is -1.05. The van der Waals surface area contributed by atoms with Crippen molar-refractivity contribution in [1.29, 1.82) is 0 Å². The number of Topliss-reactive ketones (excluding diaryl/α,β-unsaturated/α-hetero) is 1. The molecule has 1 amide bonds. The van der Waals surface area contributed by atoms with Crippen LogP contribution in [0, 0.1) is 0 Å². The molecule has 0 unspecified atom stereocenters. The van der Waals surface area contributed by atoms with Crippen molar-refractivity contribution in [3.05, 3.63) is 29.8 Å². The van der Waals surface area contributed by atoms with Crippen LogP contribution in [0.15, 0.2) is 24.3 Å². The predicted octanol–water partition coefficient (Wildman–Crippen LogP) is 1.69. The molecule has 0 spiro atoms. The Morgan fingerprint density at radius 2 is 1.94 bits per heavy atom. The van der Waals surface area contributed by atoms with Gasteiger partial charge in [0.1, 0.15) is 5.78 Å². The molecule has 0 saturated heterocycles. The van der Waals surface area contributed by atoms with E-state index in [0.29, 0.717) is 5.69 Å². The molecule has 0 bridgehead atoms. The summed E-state index contributed by atoms with van der Waals surface area (Å²) >= 11 is 0. The maximum absolute atomic E-state index is 11.4. The number of rotatable bonds is 5. The maximum atomic E-state index is 11.4. The van der Waals surface area contributed by atoms with Gasteiger partial charge in [0.05, 0.1) is 5.56 Å². The molecule has 1 rings (SSSR count). The van der Waals surface area contributed by atoms with Gasteiger partial charge in [-0.15, -0.1) is 0 Å². The lowest BCUT2D eigenvalue weighted by molar-refractivity contribution is -0.121. The minimum absolute atomic E-state index is 0.0561. The summed E-state index contributed by atoms with van der Waals surface area (Å²) in [4.78, 5) is 32.8. The maximum Gasteiger partial charge on any atom is 0.335 e. The molecule has 0 heterocycles. The summed E-state index contributed by atoms with van der Waals surface area (Å²) < 4.78 is 0. The van der Waals surface area contributed by atoms with Crippen molar-refractivity contribution in [2.75, 3.05) is 5.32 Å². The first kappa shape index (κ1) is 12.9. The highest BCUT2D eigenvalue weighted by atomic mass is 16.4. The molecular weight excluding hydrogens is 222 g/mol. The molecule has 2 N–H and O–H groups in total. The van der Waals surface area contributed by atoms with Crippen LogP contribution >= 0.6 is 0 Å². The van der Waals surface area contributed by atoms with Crippen LogP contribution in [-0.2, 0) is 9.59 Å². The molecule has 1 aromatic rings. The number of hydrogen-bond donors (Lipinski definition) is 2. The summed E-state index contributed by atoms with van der Waals surface area (Å²) in [6, 6.07) is 5.95. The first-order chi connectivity index (χ1) is 7.99. The summed E-state index contributed by atoms with van der Waals surface area (Å²) in [5, 5.41) is 11.3. The van der Waals surface area contributed by atoms with Gasteiger partial charge in [-0.1, -0.05) is 6.07 Å². The fourth-order valence-electron chi connectivity index (χ4n) is 1.24. The van der Waals surface area contributed by atoms with E-state index < -0.39 is 5.97 Å². The molecule has 0 fully saturated rings. The van der Waals surface area contributed by atoms with Crippen LogP contribution in [-0.4, -0.2) is 22.8 Å². The van der Waals surface area contributed by atoms with E-state index >= 15 is 0 Å². The SMILES string of the molecule is CC(=O)CCC(=O)Nc1cccc(C(=O)O)c1. The molecule has 0 saturated carbocycles. The normalized spacial score (nSPS) is 9.71. The van der Waals surface area contributed by atoms with E-state index in [4.69, 9.17) is 5.11 Å². The third-order valence-corrected chi connectivity index (χ3v) is 2.10. The van der Waals surface area contributed by atoms with Crippen LogP contribution in [0.25, 0.3) is 0 Å². The number of ketones is 1. The minimum Gasteiger partial charge on any atom is -0.478 e. The van der Waals surface area contributed by atoms with Gasteiger partial charge in [0.2, 0.25) is 5.91 Å². The molecule has 0 aromatic heterocycles. The van der Waals surface area contributed by atoms with Gasteiger partial charge in [0.15, 0.2) is 0 Å². The lowest BCUT2D eigenvalue weighted by atomic mass is 10.2. The van der Waals surface area contributed by atoms with E-state index in [9.17, 15) is 14.4 Å². The monoisotopic (exact) mass is 235 g/mol. The quantitative estimate of drug-likeness (QED) is 0.813. The van der Waals surface area contributed by atoms with Crippen LogP contribution in [0.2, 0.25) is 0 Å². The first-order valence-corrected chi connectivity index (χ1v) is 5.11. The van der Waals surface area contributed by atoms with Gasteiger partial charge in [0.25, 0.3) is 0 Å². The van der Waals surface area contributed by atoms with Crippen molar-refractivity contribution in [2.45, 2.75) is 19.8 Å². The Morgan fingerprint density at radius 1 is 1.24 bits per heavy atom. The van der Waals surface area contributed by atoms with Gasteiger partial charge in [-0.2, -0.15) is 0 Å². The Kier molecular flexibility index (Phi) is 4.39. The fourth-order valence-corrected chi connectivity index (χ4v) is 1.24. The average molecular weight is 235 g/mol. The van der Waals surface area contributed by atoms with Gasteiger partial charge in [-0.05, 0) is 25.1 Å². The Balaban J connectivity index is 2.62. The predicted molar refractivity (Wildman–Crippen MR) is 61.9 cm³/mol. The summed E-state index contributed by atoms with van der Waals surface area (Å²) in [5.74, 6) is -1.41. The zero-order chi connectivity index (χ0) is 12.8. The van der Waals surface area contributed by atoms with Gasteiger partial charge in [-0.25, -0.2) is 4.79 Å². The number of nitrogens with one attached hydrogen (secondary N) is 1. The van der Waals surface area contributed by atoms with Crippen LogP contribution in [0.1, 0.15) is 30.1 Å². The molecule has 0 aliphatic carbocycles. The molecule has 0 aliphatic rings. The molecule has 0 radical (unpaired) electrons. The Morgan fingerprint density at radius 3 is 2.53 bits per heavy atom. The van der Waals surface area contributed by atoms with Crippen molar-refractivity contribution in [3.8, 4) is 0 Å². The zero-order valence-corrected chi connectivity index (χ0v) is 9.40. The van der Waals surface area contributed by atoms with Gasteiger partial charge < -0.3 is 15.2 Å². The Hall–Kier alpha value is -2.17. The van der Waals surface area contributed by atoms with Crippen LogP contribution < -0.4 is 5.32 Å². The number of anilines is 1. The van der Waals surface area contributed by atoms with E-state index in [2.05, 4.69) is 5.32 Å². The number of amides is 1. The second-order valence-electron chi connectivity index (χ2n) is 3.64. The highest BCUT2D eigenvalue weighted by Crippen LogP contribution is 2.11. The average Bonchev–Trinajstić information content (AvgIpc) is 2.26. The van der Waals surface area contributed by atoms with Gasteiger partial charge in [0, 0.05) is 18.5 Å². The molecule has 17 heavy (non-hydrogen) atoms. The number of hydrogen-bond acceptors (Lipinski definition) is 3. The summed E-state index contributed by atoms with van der Waals surface area (Å²) in [6.07, 6.45) is 0.289. The highest BCUT2D eigenvalue weighted by molar-refractivity contribution is 5.95. The Bertz CT molecular complexity index is 454. The highest BCUT2D eigenvalue weighted by Gasteiger charge is 2.06. The van der Waals surface area contributed by atoms with Crippen molar-refractivity contribution >= 4 is 23.3 Å². The van der Waals surface area contributed by atoms with Gasteiger partial charge in [-0.3, -0.25) is 4.79 Å². The first-order valence-electron chi connectivity index (χ1n) is 5.11. The third kappa shape index (κ3) is 4.46. The number of benzene rings is 1. The van der Waals surface area contributed by atoms with Crippen molar-refractivity contribution in [3.63, 3.8) is 0 Å². The molecule has 0 atom stereocenters. The molecule has 5 heteroatoms. The van der Waals surface area contributed by atoms with E-state index in [-0.39, 0.29) is 30.1 Å². The van der Waals surface area contributed by atoms with Crippen molar-refractivity contribution in [2.24, 2.45) is 0 Å². The lowest BCUT2D eigenvalue weighted by Gasteiger charge is -2.05. The zero-order valence-electron chi connectivity index (χ0n) is 9.40. The second kappa shape index (κ2) is 5.79. The molecule has 5 nitrogen and oxygen atoms in total. The number of carbonyl (C=O) groups is 3. The molecule has 0 aliphatic heterocycles. The van der Waals surface area contributed by atoms with Crippen molar-refractivity contribution < 1.29 is 19.5 Å². The smallest absolute Gasteiger partial charge is 0.335 e. The van der Waals surface area contributed by atoms with E-state index in [1.807, 2.05) is 0 Å². The number of carboxylic acid groups (broad SMARTS) is 1. The topological polar surface area (TPSA) is 83.5 Å². The van der Waals surface area contributed by atoms with Crippen LogP contribution in [0.5, 0.6) is 0 Å². The lowest BCUT2D eigenvalue weighted by Crippen LogP contribution is -2.13. The third-order valence-electron chi connectivity index (χ3n) is 2.10. The fraction of sp³-hybridized carbons (Fsp3) is 0.250. The van der Waals surface area contributed by atoms with Crippen LogP contribution in [0.4, 0.5) is 5.69 Å². The standard InChI is InChI=1S/C12H13NO4/c1-8(14)5-6-11(15)13-10-4-2-3-9(7-10)12(16)17/h2-4,7H,5-6H2,1H3,(H,13,15)(H,16,17). The summed E-state index contributed by atoms with van der Waals surface area (Å²) in [7, 11) is 0. The number of carboxylic acids is 1. The van der Waals surface area contributed by atoms with Gasteiger partial charge >= 0.3 is 5.97 Å². The largest absolute Gasteiger partial charge is 0.478 e. The van der Waals surface area contributed by atoms with E-state index in [1.165, 1.54) is 19.1 Å².